The molecule has 4 amide bonds. The molecule has 0 aliphatic rings. The summed E-state index contributed by atoms with van der Waals surface area (Å²) in [5, 5.41) is 39.8. The van der Waals surface area contributed by atoms with Gasteiger partial charge in [0, 0.05) is 28.2 Å². The number of nitrogens with one attached hydrogen (secondary N) is 6. The van der Waals surface area contributed by atoms with Gasteiger partial charge in [0.05, 0.1) is 38.9 Å². The van der Waals surface area contributed by atoms with E-state index < -0.39 is 118 Å². The molecule has 700 valence electrons. The molecule has 43 nitrogen and oxygen atoms in total. The summed E-state index contributed by atoms with van der Waals surface area (Å²) < 4.78 is 52.9. The zero-order valence-electron chi connectivity index (χ0n) is 75.7. The molecule has 0 saturated carbocycles. The highest BCUT2D eigenvalue weighted by molar-refractivity contribution is 5.89. The number of carbonyl (C=O) groups excluding carboxylic acids is 7. The molecule has 0 fully saturated rings. The molecule has 0 spiro atoms. The van der Waals surface area contributed by atoms with E-state index in [-0.39, 0.29) is 110 Å². The van der Waals surface area contributed by atoms with Gasteiger partial charge in [0.1, 0.15) is 52.6 Å². The van der Waals surface area contributed by atoms with Gasteiger partial charge >= 0.3 is 65.3 Å². The van der Waals surface area contributed by atoms with Gasteiger partial charge in [-0.05, 0) is 145 Å². The van der Waals surface area contributed by atoms with Crippen molar-refractivity contribution in [2.75, 3.05) is 41.9 Å². The van der Waals surface area contributed by atoms with Gasteiger partial charge in [0.25, 0.3) is 0 Å². The Morgan fingerprint density at radius 3 is 0.992 bits per heavy atom. The number of ketones is 1. The molecule has 0 aliphatic heterocycles. The number of nitrogens with zero attached hydrogens (tertiary/aromatic N) is 8. The maximum atomic E-state index is 12.1. The first-order valence-electron chi connectivity index (χ1n) is 37.2. The third-order valence-corrected chi connectivity index (χ3v) is 14.5. The van der Waals surface area contributed by atoms with E-state index in [1.54, 1.807) is 118 Å². The molecule has 4 rings (SSSR count). The quantitative estimate of drug-likeness (QED) is 0.0158. The third kappa shape index (κ3) is 55.4. The van der Waals surface area contributed by atoms with Crippen molar-refractivity contribution in [3.8, 4) is 0 Å². The highest BCUT2D eigenvalue weighted by Gasteiger charge is 2.34. The Hall–Kier alpha value is -9.11. The van der Waals surface area contributed by atoms with Crippen LogP contribution in [0.25, 0.3) is 0 Å². The SMILES string of the molecule is C.C.CC(C)C(N)C(=O)O.CC(C)C(NC(=O)OC(C)(C)C)C(=O)CN.CC(C)C(NC(=O)OC(C)(C)C)c1n[nH]c(=O)o1.CC(C)C(c1nn(C)c(=O)o1)N(C)C(=O)OC(C)(C)C.CNC(c1nn(C)c(=O)o1)C(C)C.CN[C@@H](c1nn(C)c(=O)o1)C(C)C.COC(=O)C(N)C(C)C.COC(=O)C(NC(=O)OC(C)(C)C)C(C)C.Cl.NN.O. The average Bonchev–Trinajstić information content (AvgIpc) is 1.73. The van der Waals surface area contributed by atoms with Crippen molar-refractivity contribution in [1.29, 1.82) is 0 Å². The van der Waals surface area contributed by atoms with Gasteiger partial charge in [-0.15, -0.1) is 32.8 Å². The molecular formula is C75H154ClN19O24. The lowest BCUT2D eigenvalue weighted by molar-refractivity contribution is -0.144. The van der Waals surface area contributed by atoms with Crippen LogP contribution in [0.5, 0.6) is 0 Å². The number of esters is 2. The van der Waals surface area contributed by atoms with E-state index in [2.05, 4.69) is 73.2 Å². The number of carboxylic acid groups (broad SMARTS) is 1. The third-order valence-electron chi connectivity index (χ3n) is 14.5. The number of hydrogen-bond acceptors (Lipinski definition) is 33. The smallest absolute Gasteiger partial charge is 0.436 e. The Kier molecular flexibility index (Phi) is 65.9. The molecule has 119 heavy (non-hydrogen) atoms. The number of nitrogens with two attached hydrogens (primary N) is 5. The van der Waals surface area contributed by atoms with Gasteiger partial charge in [-0.25, -0.2) is 48.2 Å². The number of H-pyrrole nitrogens is 1. The van der Waals surface area contributed by atoms with Crippen molar-refractivity contribution in [3.63, 3.8) is 0 Å². The van der Waals surface area contributed by atoms with Crippen LogP contribution in [0.15, 0.2) is 36.8 Å². The number of aliphatic carboxylic acids is 1. The lowest BCUT2D eigenvalue weighted by Gasteiger charge is -2.30. The Balaban J connectivity index is -0.000000167. The normalized spacial score (nSPS) is 12.8. The molecule has 4 aromatic heterocycles. The van der Waals surface area contributed by atoms with Gasteiger partial charge in [0.2, 0.25) is 23.6 Å². The summed E-state index contributed by atoms with van der Waals surface area (Å²) >= 11 is 0. The summed E-state index contributed by atoms with van der Waals surface area (Å²) in [6.07, 6.45) is -2.26. The van der Waals surface area contributed by atoms with Gasteiger partial charge in [-0.3, -0.25) is 31.0 Å². The molecule has 0 radical (unpaired) electrons. The number of Topliss-reactive ketones (excluding diaryl/α,β-unsaturated/α-hetero) is 1. The van der Waals surface area contributed by atoms with Crippen molar-refractivity contribution in [2.24, 2.45) is 97.4 Å². The van der Waals surface area contributed by atoms with Crippen LogP contribution in [0.1, 0.15) is 256 Å². The van der Waals surface area contributed by atoms with Crippen LogP contribution >= 0.6 is 12.4 Å². The van der Waals surface area contributed by atoms with E-state index in [0.29, 0.717) is 23.6 Å². The lowest BCUT2D eigenvalue weighted by atomic mass is 10.0. The number of halogens is 1. The monoisotopic (exact) mass is 1740 g/mol. The number of hydrogen-bond donors (Lipinski definition) is 12. The Morgan fingerprint density at radius 2 is 0.782 bits per heavy atom. The number of amides is 4. The largest absolute Gasteiger partial charge is 0.480 e. The van der Waals surface area contributed by atoms with E-state index in [1.165, 1.54) is 35.5 Å². The molecule has 4 aromatic rings. The van der Waals surface area contributed by atoms with Gasteiger partial charge in [-0.2, -0.15) is 14.0 Å². The maximum absolute atomic E-state index is 12.1. The number of rotatable bonds is 23. The second-order valence-corrected chi connectivity index (χ2v) is 32.4. The molecule has 0 aromatic carbocycles. The molecular weight excluding hydrogens is 1590 g/mol. The van der Waals surface area contributed by atoms with E-state index in [4.69, 9.17) is 58.9 Å². The number of carboxylic acids is 1. The van der Waals surface area contributed by atoms with Crippen molar-refractivity contribution in [2.45, 2.75) is 279 Å². The summed E-state index contributed by atoms with van der Waals surface area (Å²) in [7, 11) is 12.5. The zero-order chi connectivity index (χ0) is 91.6. The maximum Gasteiger partial charge on any atom is 0.436 e. The minimum atomic E-state index is -0.931. The molecule has 7 unspecified atom stereocenters. The number of aromatic amines is 1. The van der Waals surface area contributed by atoms with Gasteiger partial charge in [-0.1, -0.05) is 126 Å². The Labute approximate surface area is 708 Å². The number of aryl methyl sites for hydroxylation is 3. The summed E-state index contributed by atoms with van der Waals surface area (Å²) in [5.74, 6) is 6.06. The van der Waals surface area contributed by atoms with Crippen molar-refractivity contribution < 1.29 is 95.0 Å². The second-order valence-electron chi connectivity index (χ2n) is 32.4. The lowest BCUT2D eigenvalue weighted by Crippen LogP contribution is -2.48. The van der Waals surface area contributed by atoms with Crippen LogP contribution in [0.4, 0.5) is 19.2 Å². The first-order valence-corrected chi connectivity index (χ1v) is 37.2. The zero-order valence-corrected chi connectivity index (χ0v) is 76.6. The molecule has 0 aliphatic carbocycles. The van der Waals surface area contributed by atoms with Crippen LogP contribution in [-0.4, -0.2) is 192 Å². The molecule has 0 bridgehead atoms. The minimum Gasteiger partial charge on any atom is -0.480 e. The van der Waals surface area contributed by atoms with E-state index in [9.17, 15) is 57.5 Å². The molecule has 4 heterocycles. The van der Waals surface area contributed by atoms with Crippen molar-refractivity contribution in [1.82, 2.24) is 71.0 Å². The number of methoxy groups -OCH3 is 2. The molecule has 0 saturated heterocycles. The summed E-state index contributed by atoms with van der Waals surface area (Å²) in [6, 6.07) is -3.44. The van der Waals surface area contributed by atoms with Crippen LogP contribution in [-0.2, 0) is 68.7 Å². The summed E-state index contributed by atoms with van der Waals surface area (Å²) in [5.41, 5.74) is 13.5. The Morgan fingerprint density at radius 1 is 0.471 bits per heavy atom. The molecule has 19 N–H and O–H groups in total. The number of alkyl carbamates (subject to hydrolysis) is 3. The predicted octanol–water partition coefficient (Wildman–Crippen LogP) is 6.76. The van der Waals surface area contributed by atoms with Gasteiger partial charge < -0.3 is 100 Å². The van der Waals surface area contributed by atoms with Gasteiger partial charge in [0.15, 0.2) is 5.78 Å². The first kappa shape index (κ1) is 128. The number of aromatic nitrogens is 8. The molecule has 44 heteroatoms. The standard InChI is InChI=1S/C13H23N3O4.C11H19N3O4.C11H22N2O3.C11H21NO4.2C8H15N3O2.C6H13NO2.C5H11NO2.2CH4.ClH.H4N2.H2O/c1-8(2)9(10-14-16(7)12(18)19-10)15(6)11(17)20-13(3,4)5;1-6(2)7(8-13-14-10(16)17-8)12-9(15)18-11(3,4)5;1-7(2)9(8(14)6-12)13-10(15)16-11(3,4)5;1-7(2)8(9(13)15-6)12-10(14)16-11(3,4)5;2*1-5(2)6(9-3)7-10-11(4)8(12)13-7;1-4(2)5(7)6(8)9-3;1-3(2)4(6)5(7)8;;;;1-2;/h8-9H,1-7H3;6-7H,1-5H3,(H,12,15)(H,14,16);7,9H,6,12H2,1-5H3,(H,13,15);7-8H,1-6H3,(H,12,14);2*5-6,9H,1-4H3;4-5H,7H2,1-3H3;3-4H,6H2,1-2H3,(H,7,8);2*1H4;1H;1-2H2;1H2/t;;;;6-;;;;;;;;/m....1......../s1. The number of ether oxygens (including phenoxy) is 6. The van der Waals surface area contributed by atoms with E-state index in [0.717, 1.165) is 4.68 Å². The first-order chi connectivity index (χ1) is 52.3. The van der Waals surface area contributed by atoms with Crippen LogP contribution in [0.2, 0.25) is 0 Å². The van der Waals surface area contributed by atoms with Crippen LogP contribution < -0.4 is 78.5 Å². The fourth-order valence-electron chi connectivity index (χ4n) is 8.55. The number of carbonyl (C=O) groups is 8. The predicted molar refractivity (Wildman–Crippen MR) is 454 cm³/mol. The second kappa shape index (κ2) is 61.2. The fourth-order valence-corrected chi connectivity index (χ4v) is 8.55. The van der Waals surface area contributed by atoms with Crippen LogP contribution in [0, 0.1) is 47.3 Å². The average molecular weight is 1740 g/mol. The fraction of sp³-hybridized carbons (Fsp3) is 0.787. The highest BCUT2D eigenvalue weighted by atomic mass is 35.5. The van der Waals surface area contributed by atoms with Crippen molar-refractivity contribution >= 4 is 60.5 Å². The minimum absolute atomic E-state index is 0. The Bertz CT molecular complexity index is 3590. The molecule has 8 atom stereocenters. The van der Waals surface area contributed by atoms with E-state index in [1.807, 2.05) is 111 Å². The van der Waals surface area contributed by atoms with Crippen molar-refractivity contribution in [3.05, 3.63) is 65.8 Å². The highest BCUT2D eigenvalue weighted by Crippen LogP contribution is 2.28. The number of hydrazine groups is 1. The van der Waals surface area contributed by atoms with E-state index >= 15 is 0 Å². The summed E-state index contributed by atoms with van der Waals surface area (Å²) in [4.78, 5) is 136. The summed E-state index contributed by atoms with van der Waals surface area (Å²) in [6.45, 7) is 51.5. The topological polar surface area (TPSA) is 640 Å². The van der Waals surface area contributed by atoms with Crippen LogP contribution in [0.3, 0.4) is 0 Å².